The third kappa shape index (κ3) is 4.01. The van der Waals surface area contributed by atoms with E-state index in [2.05, 4.69) is 25.2 Å². The summed E-state index contributed by atoms with van der Waals surface area (Å²) in [4.78, 5) is 0. The van der Waals surface area contributed by atoms with Crippen molar-refractivity contribution < 1.29 is 0 Å². The average molecular weight is 236 g/mol. The van der Waals surface area contributed by atoms with Gasteiger partial charge in [0.2, 0.25) is 0 Å². The molecular formula is C15H28N2. The van der Waals surface area contributed by atoms with E-state index in [1.807, 2.05) is 0 Å². The van der Waals surface area contributed by atoms with Crippen molar-refractivity contribution in [3.8, 4) is 12.3 Å². The van der Waals surface area contributed by atoms with Crippen molar-refractivity contribution in [3.63, 3.8) is 0 Å². The van der Waals surface area contributed by atoms with Crippen LogP contribution in [0.2, 0.25) is 0 Å². The van der Waals surface area contributed by atoms with E-state index in [9.17, 15) is 0 Å². The summed E-state index contributed by atoms with van der Waals surface area (Å²) >= 11 is 0. The maximum Gasteiger partial charge on any atom is 0.0267 e. The molecule has 1 rings (SSSR count). The molecule has 2 nitrogen and oxygen atoms in total. The highest BCUT2D eigenvalue weighted by atomic mass is 15.2. The van der Waals surface area contributed by atoms with Gasteiger partial charge in [-0.25, -0.2) is 0 Å². The monoisotopic (exact) mass is 236 g/mol. The maximum absolute atomic E-state index is 5.79. The average Bonchev–Trinajstić information content (AvgIpc) is 2.73. The summed E-state index contributed by atoms with van der Waals surface area (Å²) in [6.07, 6.45) is 15.1. The van der Waals surface area contributed by atoms with Crippen LogP contribution in [0, 0.1) is 23.7 Å². The molecule has 1 atom stereocenters. The van der Waals surface area contributed by atoms with Crippen LogP contribution >= 0.6 is 0 Å². The lowest BCUT2D eigenvalue weighted by molar-refractivity contribution is 0.146. The number of nitrogens with two attached hydrogens (primary N) is 1. The topological polar surface area (TPSA) is 38.0 Å². The first-order valence-electron chi connectivity index (χ1n) is 7.04. The molecule has 1 aliphatic carbocycles. The summed E-state index contributed by atoms with van der Waals surface area (Å²) in [5.74, 6) is 9.26. The number of hydrogen-bond acceptors (Lipinski definition) is 2. The van der Waals surface area contributed by atoms with E-state index in [-0.39, 0.29) is 0 Å². The van der Waals surface area contributed by atoms with Crippen molar-refractivity contribution in [2.24, 2.45) is 17.2 Å². The number of rotatable bonds is 7. The maximum atomic E-state index is 5.79. The molecule has 0 saturated heterocycles. The number of unbranched alkanes of at least 4 members (excludes halogenated alkanes) is 1. The zero-order valence-corrected chi connectivity index (χ0v) is 11.5. The molecule has 1 aliphatic rings. The summed E-state index contributed by atoms with van der Waals surface area (Å²) in [7, 11) is 0. The quantitative estimate of drug-likeness (QED) is 0.308. The van der Waals surface area contributed by atoms with Crippen molar-refractivity contribution in [3.05, 3.63) is 0 Å². The Labute approximate surface area is 107 Å². The Hall–Kier alpha value is -0.520. The normalized spacial score (nSPS) is 20.4. The molecule has 0 aromatic rings. The first-order chi connectivity index (χ1) is 8.14. The van der Waals surface area contributed by atoms with Gasteiger partial charge in [0.1, 0.15) is 0 Å². The Morgan fingerprint density at radius 2 is 2.00 bits per heavy atom. The molecule has 2 heteroatoms. The van der Waals surface area contributed by atoms with Gasteiger partial charge in [0.05, 0.1) is 0 Å². The molecule has 1 saturated carbocycles. The molecule has 3 N–H and O–H groups in total. The van der Waals surface area contributed by atoms with Gasteiger partial charge < -0.3 is 0 Å². The molecule has 98 valence electrons. The van der Waals surface area contributed by atoms with Gasteiger partial charge in [-0.15, -0.1) is 12.3 Å². The van der Waals surface area contributed by atoms with Gasteiger partial charge in [0, 0.05) is 12.5 Å². The van der Waals surface area contributed by atoms with Gasteiger partial charge in [-0.2, -0.15) is 0 Å². The van der Waals surface area contributed by atoms with Gasteiger partial charge in [-0.05, 0) is 43.4 Å². The zero-order valence-electron chi connectivity index (χ0n) is 11.5. The Morgan fingerprint density at radius 3 is 2.47 bits per heavy atom. The number of terminal acetylenes is 1. The van der Waals surface area contributed by atoms with Gasteiger partial charge in [-0.1, -0.05) is 26.7 Å². The predicted octanol–water partition coefficient (Wildman–Crippen LogP) is 3.23. The first kappa shape index (κ1) is 14.5. The van der Waals surface area contributed by atoms with E-state index in [0.717, 1.165) is 25.2 Å². The minimum Gasteiger partial charge on any atom is -0.271 e. The van der Waals surface area contributed by atoms with Crippen LogP contribution in [0.1, 0.15) is 65.2 Å². The molecule has 0 aliphatic heterocycles. The molecule has 0 amide bonds. The van der Waals surface area contributed by atoms with Crippen LogP contribution in [-0.2, 0) is 0 Å². The second-order valence-corrected chi connectivity index (χ2v) is 5.98. The SMILES string of the molecule is C#CCCCC(NN)C1(CC(C)C)CCCC1. The van der Waals surface area contributed by atoms with E-state index in [0.29, 0.717) is 11.5 Å². The van der Waals surface area contributed by atoms with Gasteiger partial charge in [0.15, 0.2) is 0 Å². The van der Waals surface area contributed by atoms with Crippen molar-refractivity contribution in [2.45, 2.75) is 71.3 Å². The number of nitrogens with one attached hydrogen (secondary N) is 1. The summed E-state index contributed by atoms with van der Waals surface area (Å²) in [5.41, 5.74) is 3.51. The van der Waals surface area contributed by atoms with Crippen LogP contribution in [0.15, 0.2) is 0 Å². The van der Waals surface area contributed by atoms with Gasteiger partial charge in [-0.3, -0.25) is 11.3 Å². The highest BCUT2D eigenvalue weighted by Crippen LogP contribution is 2.46. The number of hydrogen-bond donors (Lipinski definition) is 2. The van der Waals surface area contributed by atoms with Crippen LogP contribution in [0.4, 0.5) is 0 Å². The van der Waals surface area contributed by atoms with Crippen LogP contribution in [0.5, 0.6) is 0 Å². The summed E-state index contributed by atoms with van der Waals surface area (Å²) in [5, 5.41) is 0. The largest absolute Gasteiger partial charge is 0.271 e. The second kappa shape index (κ2) is 7.03. The van der Waals surface area contributed by atoms with E-state index in [4.69, 9.17) is 12.3 Å². The van der Waals surface area contributed by atoms with E-state index < -0.39 is 0 Å². The molecule has 0 bridgehead atoms. The molecule has 0 radical (unpaired) electrons. The predicted molar refractivity (Wildman–Crippen MR) is 74.2 cm³/mol. The molecular weight excluding hydrogens is 208 g/mol. The minimum atomic E-state index is 0.428. The lowest BCUT2D eigenvalue weighted by atomic mass is 9.71. The van der Waals surface area contributed by atoms with Crippen LogP contribution < -0.4 is 11.3 Å². The molecule has 0 aromatic heterocycles. The van der Waals surface area contributed by atoms with Crippen molar-refractivity contribution >= 4 is 0 Å². The summed E-state index contributed by atoms with van der Waals surface area (Å²) in [6.45, 7) is 4.63. The fraction of sp³-hybridized carbons (Fsp3) is 0.867. The van der Waals surface area contributed by atoms with Crippen molar-refractivity contribution in [2.75, 3.05) is 0 Å². The first-order valence-corrected chi connectivity index (χ1v) is 7.04. The smallest absolute Gasteiger partial charge is 0.0267 e. The van der Waals surface area contributed by atoms with E-state index in [1.54, 1.807) is 0 Å². The standard InChI is InChI=1S/C15H28N2/c1-4-5-6-9-14(17-16)15(12-13(2)3)10-7-8-11-15/h1,13-14,17H,5-12,16H2,2-3H3. The van der Waals surface area contributed by atoms with Crippen molar-refractivity contribution in [1.29, 1.82) is 0 Å². The van der Waals surface area contributed by atoms with Crippen LogP contribution in [-0.4, -0.2) is 6.04 Å². The molecule has 1 unspecified atom stereocenters. The molecule has 1 fully saturated rings. The summed E-state index contributed by atoms with van der Waals surface area (Å²) in [6, 6.07) is 0.445. The molecule has 0 heterocycles. The summed E-state index contributed by atoms with van der Waals surface area (Å²) < 4.78 is 0. The third-order valence-corrected chi connectivity index (χ3v) is 4.17. The lowest BCUT2D eigenvalue weighted by Gasteiger charge is -2.39. The Bertz CT molecular complexity index is 246. The van der Waals surface area contributed by atoms with Crippen LogP contribution in [0.25, 0.3) is 0 Å². The molecule has 0 aromatic carbocycles. The van der Waals surface area contributed by atoms with Crippen LogP contribution in [0.3, 0.4) is 0 Å². The van der Waals surface area contributed by atoms with Gasteiger partial charge in [0.25, 0.3) is 0 Å². The third-order valence-electron chi connectivity index (χ3n) is 4.17. The minimum absolute atomic E-state index is 0.428. The Kier molecular flexibility index (Phi) is 6.02. The zero-order chi connectivity index (χ0) is 12.7. The Balaban J connectivity index is 2.62. The lowest BCUT2D eigenvalue weighted by Crippen LogP contribution is -2.48. The van der Waals surface area contributed by atoms with E-state index in [1.165, 1.54) is 32.1 Å². The highest BCUT2D eigenvalue weighted by Gasteiger charge is 2.40. The Morgan fingerprint density at radius 1 is 1.35 bits per heavy atom. The molecule has 17 heavy (non-hydrogen) atoms. The van der Waals surface area contributed by atoms with Gasteiger partial charge >= 0.3 is 0 Å². The number of hydrazine groups is 1. The van der Waals surface area contributed by atoms with E-state index >= 15 is 0 Å². The fourth-order valence-electron chi connectivity index (χ4n) is 3.56. The fourth-order valence-corrected chi connectivity index (χ4v) is 3.56. The molecule has 0 spiro atoms. The second-order valence-electron chi connectivity index (χ2n) is 5.98. The highest BCUT2D eigenvalue weighted by molar-refractivity contribution is 4.95. The van der Waals surface area contributed by atoms with Crippen molar-refractivity contribution in [1.82, 2.24) is 5.43 Å².